The molecule has 1 N–H and O–H groups in total. The van der Waals surface area contributed by atoms with Gasteiger partial charge in [-0.05, 0) is 25.3 Å². The Labute approximate surface area is 76.9 Å². The van der Waals surface area contributed by atoms with E-state index < -0.39 is 0 Å². The molecule has 0 aromatic heterocycles. The Balaban J connectivity index is 3.22. The topological polar surface area (TPSA) is 12.0 Å². The van der Waals surface area contributed by atoms with E-state index in [-0.39, 0.29) is 0 Å². The van der Waals surface area contributed by atoms with Gasteiger partial charge in [0.05, 0.1) is 0 Å². The lowest BCUT2D eigenvalue weighted by Crippen LogP contribution is -2.27. The quantitative estimate of drug-likeness (QED) is 0.473. The lowest BCUT2D eigenvalue weighted by Gasteiger charge is -2.13. The first-order valence-corrected chi connectivity index (χ1v) is 4.83. The summed E-state index contributed by atoms with van der Waals surface area (Å²) < 4.78 is 0. The minimum Gasteiger partial charge on any atom is -0.314 e. The summed E-state index contributed by atoms with van der Waals surface area (Å²) in [6.45, 7) is 7.73. The fraction of sp³-hybridized carbons (Fsp3) is 0.818. The summed E-state index contributed by atoms with van der Waals surface area (Å²) >= 11 is 0. The molecule has 0 aliphatic carbocycles. The van der Waals surface area contributed by atoms with Crippen LogP contribution in [0.25, 0.3) is 0 Å². The molecule has 0 radical (unpaired) electrons. The van der Waals surface area contributed by atoms with Gasteiger partial charge in [0, 0.05) is 12.5 Å². The van der Waals surface area contributed by atoms with Crippen molar-refractivity contribution in [3.63, 3.8) is 0 Å². The van der Waals surface area contributed by atoms with E-state index in [4.69, 9.17) is 6.42 Å². The fourth-order valence-electron chi connectivity index (χ4n) is 1.09. The molecule has 0 saturated carbocycles. The van der Waals surface area contributed by atoms with Crippen molar-refractivity contribution >= 4 is 0 Å². The highest BCUT2D eigenvalue weighted by atomic mass is 14.9. The molecule has 1 heteroatoms. The Kier molecular flexibility index (Phi) is 6.90. The molecule has 1 atom stereocenters. The van der Waals surface area contributed by atoms with Crippen LogP contribution < -0.4 is 5.32 Å². The van der Waals surface area contributed by atoms with Gasteiger partial charge in [0.2, 0.25) is 0 Å². The van der Waals surface area contributed by atoms with Crippen molar-refractivity contribution in [1.82, 2.24) is 5.32 Å². The molecule has 0 aliphatic rings. The van der Waals surface area contributed by atoms with Crippen molar-refractivity contribution in [1.29, 1.82) is 0 Å². The van der Waals surface area contributed by atoms with Crippen LogP contribution in [0.15, 0.2) is 0 Å². The van der Waals surface area contributed by atoms with Gasteiger partial charge in [-0.2, -0.15) is 0 Å². The maximum atomic E-state index is 5.17. The van der Waals surface area contributed by atoms with Crippen LogP contribution in [-0.4, -0.2) is 12.6 Å². The summed E-state index contributed by atoms with van der Waals surface area (Å²) in [5, 5.41) is 3.42. The van der Waals surface area contributed by atoms with E-state index in [1.54, 1.807) is 0 Å². The zero-order valence-corrected chi connectivity index (χ0v) is 8.56. The van der Waals surface area contributed by atoms with Gasteiger partial charge in [-0.1, -0.05) is 20.8 Å². The third kappa shape index (κ3) is 7.63. The van der Waals surface area contributed by atoms with Crippen LogP contribution in [0.1, 0.15) is 40.0 Å². The first-order valence-electron chi connectivity index (χ1n) is 4.83. The highest BCUT2D eigenvalue weighted by molar-refractivity contribution is 4.83. The third-order valence-corrected chi connectivity index (χ3v) is 1.89. The second-order valence-corrected chi connectivity index (χ2v) is 3.76. The van der Waals surface area contributed by atoms with Gasteiger partial charge in [0.1, 0.15) is 0 Å². The van der Waals surface area contributed by atoms with Crippen LogP contribution in [0.5, 0.6) is 0 Å². The number of unbranched alkanes of at least 4 members (excludes halogenated alkanes) is 1. The minimum absolute atomic E-state index is 0.597. The van der Waals surface area contributed by atoms with Gasteiger partial charge < -0.3 is 5.32 Å². The summed E-state index contributed by atoms with van der Waals surface area (Å²) in [5.41, 5.74) is 0. The van der Waals surface area contributed by atoms with Crippen molar-refractivity contribution in [2.24, 2.45) is 5.92 Å². The molecule has 0 heterocycles. The molecule has 0 amide bonds. The molecular formula is C11H21N. The lowest BCUT2D eigenvalue weighted by molar-refractivity contribution is 0.445. The number of rotatable bonds is 6. The van der Waals surface area contributed by atoms with E-state index in [2.05, 4.69) is 32.0 Å². The number of hydrogen-bond acceptors (Lipinski definition) is 1. The third-order valence-electron chi connectivity index (χ3n) is 1.89. The highest BCUT2D eigenvalue weighted by Crippen LogP contribution is 2.05. The monoisotopic (exact) mass is 167 g/mol. The normalized spacial score (nSPS) is 12.9. The zero-order valence-electron chi connectivity index (χ0n) is 8.56. The van der Waals surface area contributed by atoms with Crippen LogP contribution in [0.3, 0.4) is 0 Å². The largest absolute Gasteiger partial charge is 0.314 e. The van der Waals surface area contributed by atoms with Crippen LogP contribution in [0.2, 0.25) is 0 Å². The van der Waals surface area contributed by atoms with E-state index in [1.165, 1.54) is 6.42 Å². The van der Waals surface area contributed by atoms with E-state index in [9.17, 15) is 0 Å². The number of nitrogens with one attached hydrogen (secondary N) is 1. The van der Waals surface area contributed by atoms with Gasteiger partial charge in [-0.15, -0.1) is 12.3 Å². The number of terminal acetylenes is 1. The van der Waals surface area contributed by atoms with Crippen molar-refractivity contribution in [2.75, 3.05) is 6.54 Å². The average Bonchev–Trinajstić information content (AvgIpc) is 2.01. The molecule has 0 fully saturated rings. The van der Waals surface area contributed by atoms with Crippen LogP contribution >= 0.6 is 0 Å². The fourth-order valence-corrected chi connectivity index (χ4v) is 1.09. The molecule has 0 saturated heterocycles. The molecule has 0 spiro atoms. The molecule has 0 aromatic rings. The summed E-state index contributed by atoms with van der Waals surface area (Å²) in [5.74, 6) is 3.42. The van der Waals surface area contributed by atoms with Gasteiger partial charge in [0.15, 0.2) is 0 Å². The van der Waals surface area contributed by atoms with Crippen molar-refractivity contribution in [3.8, 4) is 12.3 Å². The first kappa shape index (κ1) is 11.5. The van der Waals surface area contributed by atoms with E-state index in [0.717, 1.165) is 25.3 Å². The van der Waals surface area contributed by atoms with Gasteiger partial charge in [0.25, 0.3) is 0 Å². The van der Waals surface area contributed by atoms with Crippen LogP contribution in [-0.2, 0) is 0 Å². The molecule has 0 bridgehead atoms. The van der Waals surface area contributed by atoms with Crippen molar-refractivity contribution < 1.29 is 0 Å². The maximum absolute atomic E-state index is 5.17. The second-order valence-electron chi connectivity index (χ2n) is 3.76. The zero-order chi connectivity index (χ0) is 9.40. The van der Waals surface area contributed by atoms with Crippen molar-refractivity contribution in [3.05, 3.63) is 0 Å². The number of hydrogen-bond donors (Lipinski definition) is 1. The molecule has 0 rings (SSSR count). The standard InChI is InChI=1S/C11H21N/c1-5-6-7-8-11(4)9-12-10(2)3/h1,10-12H,6-9H2,2-4H3. The Morgan fingerprint density at radius 3 is 2.50 bits per heavy atom. The second kappa shape index (κ2) is 7.18. The molecular weight excluding hydrogens is 146 g/mol. The predicted octanol–water partition coefficient (Wildman–Crippen LogP) is 2.42. The van der Waals surface area contributed by atoms with Crippen molar-refractivity contribution in [2.45, 2.75) is 46.1 Å². The Morgan fingerprint density at radius 2 is 2.00 bits per heavy atom. The molecule has 0 aliphatic heterocycles. The Hall–Kier alpha value is -0.480. The molecule has 1 nitrogen and oxygen atoms in total. The Bertz CT molecular complexity index is 132. The summed E-state index contributed by atoms with van der Waals surface area (Å²) in [6.07, 6.45) is 8.50. The molecule has 70 valence electrons. The van der Waals surface area contributed by atoms with Crippen LogP contribution in [0, 0.1) is 18.3 Å². The first-order chi connectivity index (χ1) is 5.66. The molecule has 12 heavy (non-hydrogen) atoms. The smallest absolute Gasteiger partial charge is 0.00861 e. The van der Waals surface area contributed by atoms with Gasteiger partial charge in [-0.3, -0.25) is 0 Å². The van der Waals surface area contributed by atoms with E-state index in [1.807, 2.05) is 0 Å². The summed E-state index contributed by atoms with van der Waals surface area (Å²) in [6, 6.07) is 0.597. The predicted molar refractivity (Wildman–Crippen MR) is 55.0 cm³/mol. The summed E-state index contributed by atoms with van der Waals surface area (Å²) in [7, 11) is 0. The summed E-state index contributed by atoms with van der Waals surface area (Å²) in [4.78, 5) is 0. The molecule has 1 unspecified atom stereocenters. The lowest BCUT2D eigenvalue weighted by atomic mass is 10.0. The molecule has 0 aromatic carbocycles. The Morgan fingerprint density at radius 1 is 1.33 bits per heavy atom. The van der Waals surface area contributed by atoms with Gasteiger partial charge in [-0.25, -0.2) is 0 Å². The highest BCUT2D eigenvalue weighted by Gasteiger charge is 2.01. The van der Waals surface area contributed by atoms with Gasteiger partial charge >= 0.3 is 0 Å². The van der Waals surface area contributed by atoms with E-state index in [0.29, 0.717) is 6.04 Å². The average molecular weight is 167 g/mol. The maximum Gasteiger partial charge on any atom is 0.00861 e. The van der Waals surface area contributed by atoms with Crippen LogP contribution in [0.4, 0.5) is 0 Å². The minimum atomic E-state index is 0.597. The SMILES string of the molecule is C#CCCCC(C)CNC(C)C. The van der Waals surface area contributed by atoms with E-state index >= 15 is 0 Å².